The number of anilines is 1. The lowest BCUT2D eigenvalue weighted by Crippen LogP contribution is -2.28. The molecule has 25 heavy (non-hydrogen) atoms. The standard InChI is InChI=1S/C16H15N5O3S/c1-8-4-3-5-9(2)11(8)19-10(22)6-21-7-18-12-13(15(17)23)20-25-14(12)16(21)24/h3-5,7H,6H2,1-2H3,(H2,17,23)(H,19,22). The van der Waals surface area contributed by atoms with Crippen molar-refractivity contribution in [1.29, 1.82) is 0 Å². The number of fused-ring (bicyclic) bond motifs is 1. The number of hydrogen-bond donors (Lipinski definition) is 2. The minimum atomic E-state index is -0.747. The van der Waals surface area contributed by atoms with Crippen LogP contribution in [0.25, 0.3) is 10.2 Å². The molecule has 2 heterocycles. The first-order chi connectivity index (χ1) is 11.9. The Morgan fingerprint density at radius 3 is 2.60 bits per heavy atom. The number of hydrogen-bond acceptors (Lipinski definition) is 6. The van der Waals surface area contributed by atoms with Crippen molar-refractivity contribution in [2.24, 2.45) is 5.73 Å². The normalized spacial score (nSPS) is 10.8. The van der Waals surface area contributed by atoms with Crippen molar-refractivity contribution in [2.45, 2.75) is 20.4 Å². The van der Waals surface area contributed by atoms with Crippen molar-refractivity contribution in [2.75, 3.05) is 5.32 Å². The predicted octanol–water partition coefficient (Wildman–Crippen LogP) is 1.21. The third-order valence-electron chi connectivity index (χ3n) is 3.74. The van der Waals surface area contributed by atoms with Gasteiger partial charge in [0.05, 0.1) is 6.33 Å². The number of para-hydroxylation sites is 1. The van der Waals surface area contributed by atoms with Crippen molar-refractivity contribution >= 4 is 39.3 Å². The number of amides is 2. The molecule has 9 heteroatoms. The molecule has 0 aliphatic rings. The van der Waals surface area contributed by atoms with E-state index in [1.165, 1.54) is 10.9 Å². The lowest BCUT2D eigenvalue weighted by Gasteiger charge is -2.12. The largest absolute Gasteiger partial charge is 0.364 e. The fourth-order valence-corrected chi connectivity index (χ4v) is 3.27. The van der Waals surface area contributed by atoms with Crippen molar-refractivity contribution in [1.82, 2.24) is 13.9 Å². The lowest BCUT2D eigenvalue weighted by atomic mass is 10.1. The van der Waals surface area contributed by atoms with Crippen LogP contribution in [0.4, 0.5) is 5.69 Å². The zero-order chi connectivity index (χ0) is 18.1. The van der Waals surface area contributed by atoms with Crippen LogP contribution in [0, 0.1) is 13.8 Å². The molecule has 2 amide bonds. The van der Waals surface area contributed by atoms with Gasteiger partial charge in [-0.2, -0.15) is 4.37 Å². The number of rotatable bonds is 4. The summed E-state index contributed by atoms with van der Waals surface area (Å²) in [5.41, 5.74) is 7.48. The average Bonchev–Trinajstić information content (AvgIpc) is 2.99. The first-order valence-corrected chi connectivity index (χ1v) is 8.16. The molecule has 0 spiro atoms. The molecule has 3 N–H and O–H groups in total. The molecule has 0 saturated carbocycles. The van der Waals surface area contributed by atoms with E-state index < -0.39 is 11.5 Å². The van der Waals surface area contributed by atoms with Gasteiger partial charge in [0.15, 0.2) is 5.69 Å². The van der Waals surface area contributed by atoms with Crippen LogP contribution in [0.15, 0.2) is 29.3 Å². The summed E-state index contributed by atoms with van der Waals surface area (Å²) >= 11 is 0.841. The topological polar surface area (TPSA) is 120 Å². The highest BCUT2D eigenvalue weighted by Gasteiger charge is 2.17. The Hall–Kier alpha value is -3.07. The zero-order valence-corrected chi connectivity index (χ0v) is 14.4. The fraction of sp³-hybridized carbons (Fsp3) is 0.188. The maximum Gasteiger partial charge on any atom is 0.273 e. The van der Waals surface area contributed by atoms with Crippen molar-refractivity contribution < 1.29 is 9.59 Å². The molecule has 0 saturated heterocycles. The van der Waals surface area contributed by atoms with Gasteiger partial charge in [-0.25, -0.2) is 4.98 Å². The number of carbonyl (C=O) groups excluding carboxylic acids is 2. The summed E-state index contributed by atoms with van der Waals surface area (Å²) in [4.78, 5) is 40.1. The van der Waals surface area contributed by atoms with Gasteiger partial charge < -0.3 is 11.1 Å². The molecule has 2 aromatic heterocycles. The van der Waals surface area contributed by atoms with E-state index in [4.69, 9.17) is 5.73 Å². The van der Waals surface area contributed by atoms with E-state index in [9.17, 15) is 14.4 Å². The number of primary amides is 1. The highest BCUT2D eigenvalue weighted by atomic mass is 32.1. The summed E-state index contributed by atoms with van der Waals surface area (Å²) in [6, 6.07) is 5.69. The van der Waals surface area contributed by atoms with Crippen LogP contribution in [-0.2, 0) is 11.3 Å². The van der Waals surface area contributed by atoms with Crippen LogP contribution in [-0.4, -0.2) is 25.7 Å². The second kappa shape index (κ2) is 6.44. The van der Waals surface area contributed by atoms with Crippen molar-refractivity contribution in [3.63, 3.8) is 0 Å². The Morgan fingerprint density at radius 2 is 1.96 bits per heavy atom. The highest BCUT2D eigenvalue weighted by Crippen LogP contribution is 2.19. The molecule has 8 nitrogen and oxygen atoms in total. The molecule has 128 valence electrons. The number of benzene rings is 1. The maximum atomic E-state index is 12.4. The summed E-state index contributed by atoms with van der Waals surface area (Å²) in [5.74, 6) is -1.09. The first kappa shape index (κ1) is 16.8. The van der Waals surface area contributed by atoms with Crippen molar-refractivity contribution in [3.8, 4) is 0 Å². The third kappa shape index (κ3) is 3.13. The van der Waals surface area contributed by atoms with E-state index in [1.54, 1.807) is 0 Å². The zero-order valence-electron chi connectivity index (χ0n) is 13.6. The van der Waals surface area contributed by atoms with E-state index in [0.29, 0.717) is 0 Å². The van der Waals surface area contributed by atoms with Gasteiger partial charge in [0.2, 0.25) is 5.91 Å². The molecular formula is C16H15N5O3S. The Kier molecular flexibility index (Phi) is 4.32. The Labute approximate surface area is 146 Å². The van der Waals surface area contributed by atoms with Gasteiger partial charge in [0.25, 0.3) is 11.5 Å². The monoisotopic (exact) mass is 357 g/mol. The first-order valence-electron chi connectivity index (χ1n) is 7.39. The van der Waals surface area contributed by atoms with Crippen LogP contribution in [0.5, 0.6) is 0 Å². The van der Waals surface area contributed by atoms with Crippen LogP contribution in [0.1, 0.15) is 21.6 Å². The highest BCUT2D eigenvalue weighted by molar-refractivity contribution is 7.13. The molecule has 0 radical (unpaired) electrons. The molecule has 0 unspecified atom stereocenters. The summed E-state index contributed by atoms with van der Waals surface area (Å²) < 4.78 is 5.22. The Balaban J connectivity index is 1.88. The summed E-state index contributed by atoms with van der Waals surface area (Å²) in [7, 11) is 0. The molecular weight excluding hydrogens is 342 g/mol. The fourth-order valence-electron chi connectivity index (χ4n) is 2.48. The lowest BCUT2D eigenvalue weighted by molar-refractivity contribution is -0.116. The molecule has 3 rings (SSSR count). The van der Waals surface area contributed by atoms with E-state index >= 15 is 0 Å². The van der Waals surface area contributed by atoms with Gasteiger partial charge in [-0.1, -0.05) is 18.2 Å². The number of nitrogens with zero attached hydrogens (tertiary/aromatic N) is 3. The second-order valence-corrected chi connectivity index (χ2v) is 6.34. The average molecular weight is 357 g/mol. The number of aromatic nitrogens is 3. The van der Waals surface area contributed by atoms with Crippen LogP contribution in [0.2, 0.25) is 0 Å². The second-order valence-electron chi connectivity index (χ2n) is 5.57. The quantitative estimate of drug-likeness (QED) is 0.727. The Morgan fingerprint density at radius 1 is 1.28 bits per heavy atom. The molecule has 0 atom stereocenters. The molecule has 0 aliphatic heterocycles. The third-order valence-corrected chi connectivity index (χ3v) is 4.57. The molecule has 0 bridgehead atoms. The Bertz CT molecular complexity index is 1030. The van der Waals surface area contributed by atoms with Gasteiger partial charge in [-0.15, -0.1) is 0 Å². The van der Waals surface area contributed by atoms with Crippen molar-refractivity contribution in [3.05, 3.63) is 51.7 Å². The van der Waals surface area contributed by atoms with E-state index in [1.807, 2.05) is 32.0 Å². The summed E-state index contributed by atoms with van der Waals surface area (Å²) in [6.07, 6.45) is 1.22. The number of nitrogens with one attached hydrogen (secondary N) is 1. The van der Waals surface area contributed by atoms with E-state index in [0.717, 1.165) is 28.3 Å². The van der Waals surface area contributed by atoms with E-state index in [2.05, 4.69) is 14.7 Å². The molecule has 0 fully saturated rings. The minimum absolute atomic E-state index is 0.0377. The minimum Gasteiger partial charge on any atom is -0.364 e. The summed E-state index contributed by atoms with van der Waals surface area (Å²) in [6.45, 7) is 3.59. The molecule has 0 aliphatic carbocycles. The molecule has 3 aromatic rings. The maximum absolute atomic E-state index is 12.4. The van der Waals surface area contributed by atoms with Crippen LogP contribution < -0.4 is 16.6 Å². The predicted molar refractivity (Wildman–Crippen MR) is 94.7 cm³/mol. The van der Waals surface area contributed by atoms with Gasteiger partial charge in [-0.05, 0) is 36.5 Å². The van der Waals surface area contributed by atoms with Crippen LogP contribution >= 0.6 is 11.5 Å². The number of carbonyl (C=O) groups is 2. The van der Waals surface area contributed by atoms with E-state index in [-0.39, 0.29) is 28.4 Å². The molecule has 1 aromatic carbocycles. The smallest absolute Gasteiger partial charge is 0.273 e. The van der Waals surface area contributed by atoms with Gasteiger partial charge in [-0.3, -0.25) is 19.0 Å². The van der Waals surface area contributed by atoms with Gasteiger partial charge in [0, 0.05) is 5.69 Å². The number of nitrogens with two attached hydrogens (primary N) is 1. The van der Waals surface area contributed by atoms with Crippen LogP contribution in [0.3, 0.4) is 0 Å². The SMILES string of the molecule is Cc1cccc(C)c1NC(=O)Cn1cnc2c(C(N)=O)nsc2c1=O. The van der Waals surface area contributed by atoms with Gasteiger partial charge in [0.1, 0.15) is 16.8 Å². The number of aryl methyl sites for hydroxylation is 2. The van der Waals surface area contributed by atoms with Gasteiger partial charge >= 0.3 is 0 Å². The summed E-state index contributed by atoms with van der Waals surface area (Å²) in [5, 5.41) is 2.81.